The van der Waals surface area contributed by atoms with Gasteiger partial charge in [0, 0.05) is 11.4 Å². The number of rotatable bonds is 6. The number of nitrogens with one attached hydrogen (secondary N) is 1. The lowest BCUT2D eigenvalue weighted by Crippen LogP contribution is -2.22. The molecule has 0 saturated heterocycles. The number of amides is 1. The van der Waals surface area contributed by atoms with Crippen LogP contribution in [0.2, 0.25) is 0 Å². The third-order valence-electron chi connectivity index (χ3n) is 3.34. The van der Waals surface area contributed by atoms with Crippen LogP contribution in [0.15, 0.2) is 54.6 Å². The van der Waals surface area contributed by atoms with Crippen molar-refractivity contribution in [2.24, 2.45) is 0 Å². The number of aryl methyl sites for hydroxylation is 1. The van der Waals surface area contributed by atoms with Crippen molar-refractivity contribution in [1.29, 1.82) is 0 Å². The van der Waals surface area contributed by atoms with Crippen LogP contribution in [0.3, 0.4) is 0 Å². The van der Waals surface area contributed by atoms with E-state index in [1.807, 2.05) is 37.3 Å². The summed E-state index contributed by atoms with van der Waals surface area (Å²) in [4.78, 5) is 12.2. The Balaban J connectivity index is 1.84. The van der Waals surface area contributed by atoms with E-state index >= 15 is 0 Å². The molecule has 2 aromatic carbocycles. The van der Waals surface area contributed by atoms with Crippen LogP contribution >= 0.6 is 11.8 Å². The van der Waals surface area contributed by atoms with Crippen LogP contribution in [-0.2, 0) is 17.0 Å². The lowest BCUT2D eigenvalue weighted by molar-refractivity contribution is -0.115. The monoisotopic (exact) mass is 299 g/mol. The first-order valence-electron chi connectivity index (χ1n) is 7.24. The van der Waals surface area contributed by atoms with Crippen molar-refractivity contribution in [1.82, 2.24) is 0 Å². The summed E-state index contributed by atoms with van der Waals surface area (Å²) in [6, 6.07) is 18.3. The van der Waals surface area contributed by atoms with Gasteiger partial charge in [-0.15, -0.1) is 11.8 Å². The van der Waals surface area contributed by atoms with Crippen LogP contribution in [0.1, 0.15) is 25.0 Å². The van der Waals surface area contributed by atoms with Crippen molar-refractivity contribution < 1.29 is 4.79 Å². The van der Waals surface area contributed by atoms with E-state index in [4.69, 9.17) is 0 Å². The second-order valence-electron chi connectivity index (χ2n) is 4.98. The van der Waals surface area contributed by atoms with Gasteiger partial charge in [-0.1, -0.05) is 49.4 Å². The Labute approximate surface area is 131 Å². The zero-order chi connectivity index (χ0) is 15.1. The molecule has 0 unspecified atom stereocenters. The van der Waals surface area contributed by atoms with Gasteiger partial charge in [-0.3, -0.25) is 4.79 Å². The van der Waals surface area contributed by atoms with Crippen molar-refractivity contribution in [2.75, 3.05) is 5.32 Å². The maximum absolute atomic E-state index is 12.2. The van der Waals surface area contributed by atoms with Gasteiger partial charge in [0.05, 0.1) is 5.25 Å². The van der Waals surface area contributed by atoms with E-state index in [0.29, 0.717) is 0 Å². The SMILES string of the molecule is CCc1ccc(NC(=O)[C@H](C)SCc2ccccc2)cc1. The van der Waals surface area contributed by atoms with Gasteiger partial charge in [0.2, 0.25) is 5.91 Å². The van der Waals surface area contributed by atoms with Crippen LogP contribution in [0.25, 0.3) is 0 Å². The smallest absolute Gasteiger partial charge is 0.237 e. The molecule has 0 fully saturated rings. The molecule has 0 saturated carbocycles. The molecular weight excluding hydrogens is 278 g/mol. The first-order chi connectivity index (χ1) is 10.2. The Morgan fingerprint density at radius 2 is 1.71 bits per heavy atom. The molecule has 0 bridgehead atoms. The number of benzene rings is 2. The molecule has 3 heteroatoms. The van der Waals surface area contributed by atoms with Crippen molar-refractivity contribution >= 4 is 23.4 Å². The molecule has 0 radical (unpaired) electrons. The minimum atomic E-state index is -0.0731. The summed E-state index contributed by atoms with van der Waals surface area (Å²) >= 11 is 1.65. The first kappa shape index (κ1) is 15.6. The predicted octanol–water partition coefficient (Wildman–Crippen LogP) is 4.51. The quantitative estimate of drug-likeness (QED) is 0.850. The number of thioether (sulfide) groups is 1. The van der Waals surface area contributed by atoms with Gasteiger partial charge < -0.3 is 5.32 Å². The van der Waals surface area contributed by atoms with E-state index in [1.165, 1.54) is 11.1 Å². The Bertz CT molecular complexity index is 566. The molecule has 1 atom stereocenters. The average Bonchev–Trinajstić information content (AvgIpc) is 2.54. The highest BCUT2D eigenvalue weighted by Gasteiger charge is 2.13. The molecule has 21 heavy (non-hydrogen) atoms. The largest absolute Gasteiger partial charge is 0.325 e. The standard InChI is InChI=1S/C18H21NOS/c1-3-15-9-11-17(12-10-15)19-18(20)14(2)21-13-16-7-5-4-6-8-16/h4-12,14H,3,13H2,1-2H3,(H,19,20)/t14-/m0/s1. The van der Waals surface area contributed by atoms with E-state index in [2.05, 4.69) is 36.5 Å². The summed E-state index contributed by atoms with van der Waals surface area (Å²) in [5.74, 6) is 0.907. The van der Waals surface area contributed by atoms with Gasteiger partial charge in [-0.25, -0.2) is 0 Å². The Kier molecular flexibility index (Phi) is 5.88. The molecule has 110 valence electrons. The zero-order valence-electron chi connectivity index (χ0n) is 12.5. The Morgan fingerprint density at radius 3 is 2.33 bits per heavy atom. The summed E-state index contributed by atoms with van der Waals surface area (Å²) in [7, 11) is 0. The summed E-state index contributed by atoms with van der Waals surface area (Å²) in [5, 5.41) is 2.90. The average molecular weight is 299 g/mol. The van der Waals surface area contributed by atoms with E-state index in [0.717, 1.165) is 17.9 Å². The molecular formula is C18H21NOS. The predicted molar refractivity (Wildman–Crippen MR) is 91.6 cm³/mol. The van der Waals surface area contributed by atoms with Crippen molar-refractivity contribution in [3.63, 3.8) is 0 Å². The minimum absolute atomic E-state index is 0.0557. The van der Waals surface area contributed by atoms with Crippen LogP contribution < -0.4 is 5.32 Å². The van der Waals surface area contributed by atoms with Crippen molar-refractivity contribution in [3.8, 4) is 0 Å². The van der Waals surface area contributed by atoms with Crippen molar-refractivity contribution in [2.45, 2.75) is 31.3 Å². The summed E-state index contributed by atoms with van der Waals surface area (Å²) < 4.78 is 0. The second-order valence-corrected chi connectivity index (χ2v) is 6.31. The molecule has 2 rings (SSSR count). The third-order valence-corrected chi connectivity index (χ3v) is 4.56. The third kappa shape index (κ3) is 4.94. The molecule has 2 nitrogen and oxygen atoms in total. The molecule has 0 aromatic heterocycles. The minimum Gasteiger partial charge on any atom is -0.325 e. The number of hydrogen-bond donors (Lipinski definition) is 1. The van der Waals surface area contributed by atoms with Gasteiger partial charge in [0.1, 0.15) is 0 Å². The summed E-state index contributed by atoms with van der Waals surface area (Å²) in [5.41, 5.74) is 3.39. The Hall–Kier alpha value is -1.74. The topological polar surface area (TPSA) is 29.1 Å². The highest BCUT2D eigenvalue weighted by molar-refractivity contribution is 7.99. The molecule has 0 aliphatic carbocycles. The molecule has 1 N–H and O–H groups in total. The first-order valence-corrected chi connectivity index (χ1v) is 8.29. The highest BCUT2D eigenvalue weighted by Crippen LogP contribution is 2.19. The van der Waals surface area contributed by atoms with E-state index in [1.54, 1.807) is 11.8 Å². The molecule has 0 aliphatic rings. The second kappa shape index (κ2) is 7.89. The normalized spacial score (nSPS) is 11.9. The Morgan fingerprint density at radius 1 is 1.05 bits per heavy atom. The van der Waals surface area contributed by atoms with Gasteiger partial charge in [-0.05, 0) is 36.6 Å². The molecule has 1 amide bonds. The zero-order valence-corrected chi connectivity index (χ0v) is 13.3. The van der Waals surface area contributed by atoms with Gasteiger partial charge in [0.25, 0.3) is 0 Å². The summed E-state index contributed by atoms with van der Waals surface area (Å²) in [6.07, 6.45) is 1.01. The van der Waals surface area contributed by atoms with Crippen LogP contribution in [-0.4, -0.2) is 11.2 Å². The van der Waals surface area contributed by atoms with Crippen LogP contribution in [0, 0.1) is 0 Å². The summed E-state index contributed by atoms with van der Waals surface area (Å²) in [6.45, 7) is 4.07. The van der Waals surface area contributed by atoms with Crippen LogP contribution in [0.4, 0.5) is 5.69 Å². The van der Waals surface area contributed by atoms with E-state index in [9.17, 15) is 4.79 Å². The lowest BCUT2D eigenvalue weighted by Gasteiger charge is -2.12. The number of anilines is 1. The fourth-order valence-electron chi connectivity index (χ4n) is 1.94. The maximum atomic E-state index is 12.2. The van der Waals surface area contributed by atoms with E-state index in [-0.39, 0.29) is 11.2 Å². The maximum Gasteiger partial charge on any atom is 0.237 e. The fraction of sp³-hybridized carbons (Fsp3) is 0.278. The molecule has 0 spiro atoms. The number of carbonyl (C=O) groups is 1. The van der Waals surface area contributed by atoms with Crippen molar-refractivity contribution in [3.05, 3.63) is 65.7 Å². The molecule has 0 heterocycles. The van der Waals surface area contributed by atoms with Gasteiger partial charge in [0.15, 0.2) is 0 Å². The lowest BCUT2D eigenvalue weighted by atomic mass is 10.1. The highest BCUT2D eigenvalue weighted by atomic mass is 32.2. The molecule has 2 aromatic rings. The van der Waals surface area contributed by atoms with E-state index < -0.39 is 0 Å². The fourth-order valence-corrected chi connectivity index (χ4v) is 2.78. The van der Waals surface area contributed by atoms with Gasteiger partial charge in [-0.2, -0.15) is 0 Å². The van der Waals surface area contributed by atoms with Gasteiger partial charge >= 0.3 is 0 Å². The number of hydrogen-bond acceptors (Lipinski definition) is 2. The number of carbonyl (C=O) groups excluding carboxylic acids is 1. The van der Waals surface area contributed by atoms with Crippen LogP contribution in [0.5, 0.6) is 0 Å². The molecule has 0 aliphatic heterocycles.